The predicted octanol–water partition coefficient (Wildman–Crippen LogP) is 5.89. The Morgan fingerprint density at radius 1 is 0.667 bits per heavy atom. The molecule has 1 unspecified atom stereocenters. The molecule has 0 heterocycles. The second-order valence-corrected chi connectivity index (χ2v) is 7.62. The SMILES string of the molecule is CCCCC(C)(CCCC(CCCC)(CCCC)C(=O)O)C(=O)O. The van der Waals surface area contributed by atoms with E-state index in [0.717, 1.165) is 38.5 Å². The molecular weight excluding hydrogens is 304 g/mol. The molecule has 0 fully saturated rings. The molecule has 0 aromatic rings. The second-order valence-electron chi connectivity index (χ2n) is 7.62. The fraction of sp³-hybridized carbons (Fsp3) is 0.900. The van der Waals surface area contributed by atoms with Crippen LogP contribution in [0.3, 0.4) is 0 Å². The highest BCUT2D eigenvalue weighted by atomic mass is 16.4. The quantitative estimate of drug-likeness (QED) is 0.389. The van der Waals surface area contributed by atoms with Crippen molar-refractivity contribution in [1.29, 1.82) is 0 Å². The van der Waals surface area contributed by atoms with Crippen molar-refractivity contribution < 1.29 is 19.8 Å². The molecule has 0 rings (SSSR count). The monoisotopic (exact) mass is 342 g/mol. The molecule has 1 atom stereocenters. The molecule has 142 valence electrons. The van der Waals surface area contributed by atoms with Crippen molar-refractivity contribution in [3.05, 3.63) is 0 Å². The summed E-state index contributed by atoms with van der Waals surface area (Å²) in [6.07, 6.45) is 9.61. The molecule has 4 nitrogen and oxygen atoms in total. The Morgan fingerprint density at radius 2 is 1.04 bits per heavy atom. The lowest BCUT2D eigenvalue weighted by atomic mass is 9.72. The molecule has 0 saturated carbocycles. The minimum atomic E-state index is -0.751. The van der Waals surface area contributed by atoms with Crippen molar-refractivity contribution in [1.82, 2.24) is 0 Å². The molecule has 0 saturated heterocycles. The summed E-state index contributed by atoms with van der Waals surface area (Å²) in [5.74, 6) is -1.45. The van der Waals surface area contributed by atoms with E-state index in [4.69, 9.17) is 0 Å². The van der Waals surface area contributed by atoms with Crippen molar-refractivity contribution in [3.63, 3.8) is 0 Å². The Bertz CT molecular complexity index is 370. The molecule has 0 aromatic heterocycles. The van der Waals surface area contributed by atoms with Crippen LogP contribution in [0.5, 0.6) is 0 Å². The molecule has 4 heteroatoms. The first-order valence-electron chi connectivity index (χ1n) is 9.74. The first-order chi connectivity index (χ1) is 11.3. The summed E-state index contributed by atoms with van der Waals surface area (Å²) in [5.41, 5.74) is -1.40. The normalized spacial score (nSPS) is 14.3. The van der Waals surface area contributed by atoms with Crippen LogP contribution in [0.25, 0.3) is 0 Å². The Kier molecular flexibility index (Phi) is 11.0. The fourth-order valence-corrected chi connectivity index (χ4v) is 3.45. The van der Waals surface area contributed by atoms with Crippen LogP contribution in [0.2, 0.25) is 0 Å². The van der Waals surface area contributed by atoms with Gasteiger partial charge >= 0.3 is 11.9 Å². The van der Waals surface area contributed by atoms with E-state index in [1.54, 1.807) is 0 Å². The predicted molar refractivity (Wildman–Crippen MR) is 98.2 cm³/mol. The van der Waals surface area contributed by atoms with Crippen LogP contribution in [0.15, 0.2) is 0 Å². The molecule has 2 N–H and O–H groups in total. The summed E-state index contributed by atoms with van der Waals surface area (Å²) in [4.78, 5) is 23.6. The third-order valence-corrected chi connectivity index (χ3v) is 5.45. The van der Waals surface area contributed by atoms with Crippen LogP contribution in [0, 0.1) is 10.8 Å². The lowest BCUT2D eigenvalue weighted by Gasteiger charge is -2.32. The van der Waals surface area contributed by atoms with E-state index in [1.165, 1.54) is 0 Å². The average Bonchev–Trinajstić information content (AvgIpc) is 2.54. The third-order valence-electron chi connectivity index (χ3n) is 5.45. The van der Waals surface area contributed by atoms with Gasteiger partial charge in [0.05, 0.1) is 10.8 Å². The smallest absolute Gasteiger partial charge is 0.309 e. The fourth-order valence-electron chi connectivity index (χ4n) is 3.45. The molecule has 0 aromatic carbocycles. The lowest BCUT2D eigenvalue weighted by molar-refractivity contribution is -0.151. The maximum Gasteiger partial charge on any atom is 0.309 e. The van der Waals surface area contributed by atoms with Crippen LogP contribution in [0.4, 0.5) is 0 Å². The summed E-state index contributed by atoms with van der Waals surface area (Å²) in [7, 11) is 0. The van der Waals surface area contributed by atoms with Gasteiger partial charge in [-0.05, 0) is 39.0 Å². The van der Waals surface area contributed by atoms with E-state index in [9.17, 15) is 19.8 Å². The third kappa shape index (κ3) is 7.23. The molecule has 0 aliphatic rings. The summed E-state index contributed by atoms with van der Waals surface area (Å²) in [6.45, 7) is 8.04. The lowest BCUT2D eigenvalue weighted by Crippen LogP contribution is -2.33. The molecular formula is C20H38O4. The Balaban J connectivity index is 4.94. The van der Waals surface area contributed by atoms with E-state index >= 15 is 0 Å². The highest BCUT2D eigenvalue weighted by Gasteiger charge is 2.38. The van der Waals surface area contributed by atoms with Gasteiger partial charge in [0.15, 0.2) is 0 Å². The van der Waals surface area contributed by atoms with E-state index in [2.05, 4.69) is 20.8 Å². The largest absolute Gasteiger partial charge is 0.481 e. The van der Waals surface area contributed by atoms with Crippen LogP contribution >= 0.6 is 0 Å². The number of rotatable bonds is 15. The zero-order valence-electron chi connectivity index (χ0n) is 16.2. The summed E-state index contributed by atoms with van der Waals surface area (Å²) in [6, 6.07) is 0. The molecule has 0 spiro atoms. The molecule has 0 bridgehead atoms. The molecule has 0 amide bonds. The van der Waals surface area contributed by atoms with Crippen LogP contribution < -0.4 is 0 Å². The van der Waals surface area contributed by atoms with Crippen molar-refractivity contribution in [3.8, 4) is 0 Å². The van der Waals surface area contributed by atoms with Gasteiger partial charge in [0, 0.05) is 0 Å². The number of hydrogen-bond donors (Lipinski definition) is 2. The van der Waals surface area contributed by atoms with Crippen LogP contribution in [-0.2, 0) is 9.59 Å². The summed E-state index contributed by atoms with van der Waals surface area (Å²) < 4.78 is 0. The van der Waals surface area contributed by atoms with Crippen LogP contribution in [0.1, 0.15) is 105 Å². The average molecular weight is 343 g/mol. The van der Waals surface area contributed by atoms with Gasteiger partial charge in [-0.1, -0.05) is 65.7 Å². The van der Waals surface area contributed by atoms with E-state index in [-0.39, 0.29) is 0 Å². The Hall–Kier alpha value is -1.06. The Morgan fingerprint density at radius 3 is 1.42 bits per heavy atom. The minimum Gasteiger partial charge on any atom is -0.481 e. The summed E-state index contributed by atoms with van der Waals surface area (Å²) in [5, 5.41) is 19.4. The van der Waals surface area contributed by atoms with Crippen molar-refractivity contribution in [2.45, 2.75) is 105 Å². The van der Waals surface area contributed by atoms with Gasteiger partial charge in [0.25, 0.3) is 0 Å². The number of unbranched alkanes of at least 4 members (excludes halogenated alkanes) is 3. The van der Waals surface area contributed by atoms with E-state index in [0.29, 0.717) is 38.5 Å². The highest BCUT2D eigenvalue weighted by Crippen LogP contribution is 2.39. The van der Waals surface area contributed by atoms with Gasteiger partial charge in [-0.2, -0.15) is 0 Å². The molecule has 0 aliphatic carbocycles. The second kappa shape index (κ2) is 11.5. The van der Waals surface area contributed by atoms with Gasteiger partial charge < -0.3 is 10.2 Å². The van der Waals surface area contributed by atoms with Crippen LogP contribution in [-0.4, -0.2) is 22.2 Å². The number of carboxylic acids is 2. The standard InChI is InChI=1S/C20H38O4/c1-5-8-12-19(4,17(21)22)13-11-16-20(18(23)24,14-9-6-2)15-10-7-3/h5-16H2,1-4H3,(H,21,22)(H,23,24). The van der Waals surface area contributed by atoms with Crippen molar-refractivity contribution >= 4 is 11.9 Å². The maximum absolute atomic E-state index is 12.0. The van der Waals surface area contributed by atoms with Gasteiger partial charge in [-0.15, -0.1) is 0 Å². The van der Waals surface area contributed by atoms with Crippen molar-refractivity contribution in [2.75, 3.05) is 0 Å². The molecule has 0 aliphatic heterocycles. The minimum absolute atomic E-state index is 0.565. The van der Waals surface area contributed by atoms with Gasteiger partial charge in [0.2, 0.25) is 0 Å². The Labute approximate surface area is 148 Å². The summed E-state index contributed by atoms with van der Waals surface area (Å²) >= 11 is 0. The first kappa shape index (κ1) is 22.9. The maximum atomic E-state index is 12.0. The van der Waals surface area contributed by atoms with E-state index in [1.807, 2.05) is 6.92 Å². The molecule has 0 radical (unpaired) electrons. The number of carbonyl (C=O) groups is 2. The number of carboxylic acid groups (broad SMARTS) is 2. The van der Waals surface area contributed by atoms with E-state index < -0.39 is 22.8 Å². The zero-order valence-corrected chi connectivity index (χ0v) is 16.2. The topological polar surface area (TPSA) is 74.6 Å². The number of hydrogen-bond acceptors (Lipinski definition) is 2. The molecule has 24 heavy (non-hydrogen) atoms. The number of aliphatic carboxylic acids is 2. The van der Waals surface area contributed by atoms with Gasteiger partial charge in [0.1, 0.15) is 0 Å². The zero-order chi connectivity index (χ0) is 18.6. The van der Waals surface area contributed by atoms with Crippen molar-refractivity contribution in [2.24, 2.45) is 10.8 Å². The highest BCUT2D eigenvalue weighted by molar-refractivity contribution is 5.75. The van der Waals surface area contributed by atoms with Gasteiger partial charge in [-0.25, -0.2) is 0 Å². The van der Waals surface area contributed by atoms with Gasteiger partial charge in [-0.3, -0.25) is 9.59 Å². The first-order valence-corrected chi connectivity index (χ1v) is 9.74.